The van der Waals surface area contributed by atoms with E-state index in [0.29, 0.717) is 18.8 Å². The highest BCUT2D eigenvalue weighted by Crippen LogP contribution is 2.21. The Balaban J connectivity index is 2.74. The first kappa shape index (κ1) is 10.8. The van der Waals surface area contributed by atoms with E-state index in [4.69, 9.17) is 9.84 Å². The SMILES string of the molecule is C=CCOCc1cccc(O)c1CO. The minimum atomic E-state index is -0.181. The van der Waals surface area contributed by atoms with Crippen molar-refractivity contribution in [1.82, 2.24) is 0 Å². The first-order valence-corrected chi connectivity index (χ1v) is 4.38. The van der Waals surface area contributed by atoms with E-state index in [1.807, 2.05) is 6.07 Å². The monoisotopic (exact) mass is 194 g/mol. The fourth-order valence-corrected chi connectivity index (χ4v) is 1.19. The average molecular weight is 194 g/mol. The van der Waals surface area contributed by atoms with E-state index >= 15 is 0 Å². The van der Waals surface area contributed by atoms with Crippen LogP contribution in [0.5, 0.6) is 5.75 Å². The summed E-state index contributed by atoms with van der Waals surface area (Å²) < 4.78 is 5.23. The molecular formula is C11H14O3. The van der Waals surface area contributed by atoms with Gasteiger partial charge in [-0.3, -0.25) is 0 Å². The van der Waals surface area contributed by atoms with E-state index in [2.05, 4.69) is 6.58 Å². The molecule has 0 aliphatic heterocycles. The number of rotatable bonds is 5. The molecule has 3 heteroatoms. The molecule has 0 amide bonds. The zero-order valence-corrected chi connectivity index (χ0v) is 7.94. The highest BCUT2D eigenvalue weighted by atomic mass is 16.5. The lowest BCUT2D eigenvalue weighted by Crippen LogP contribution is -1.98. The molecule has 0 saturated carbocycles. The lowest BCUT2D eigenvalue weighted by atomic mass is 10.1. The molecule has 0 aromatic heterocycles. The van der Waals surface area contributed by atoms with Crippen LogP contribution in [0.3, 0.4) is 0 Å². The molecule has 0 unspecified atom stereocenters. The summed E-state index contributed by atoms with van der Waals surface area (Å²) in [7, 11) is 0. The van der Waals surface area contributed by atoms with Crippen LogP contribution in [0.2, 0.25) is 0 Å². The lowest BCUT2D eigenvalue weighted by Gasteiger charge is -2.08. The normalized spacial score (nSPS) is 10.1. The molecule has 0 fully saturated rings. The number of aromatic hydroxyl groups is 1. The van der Waals surface area contributed by atoms with E-state index in [-0.39, 0.29) is 12.4 Å². The van der Waals surface area contributed by atoms with Gasteiger partial charge in [0.1, 0.15) is 5.75 Å². The van der Waals surface area contributed by atoms with Gasteiger partial charge >= 0.3 is 0 Å². The molecule has 14 heavy (non-hydrogen) atoms. The second-order valence-corrected chi connectivity index (χ2v) is 2.88. The van der Waals surface area contributed by atoms with Crippen molar-refractivity contribution in [3.8, 4) is 5.75 Å². The van der Waals surface area contributed by atoms with Crippen LogP contribution < -0.4 is 0 Å². The van der Waals surface area contributed by atoms with Crippen molar-refractivity contribution in [1.29, 1.82) is 0 Å². The summed E-state index contributed by atoms with van der Waals surface area (Å²) in [6, 6.07) is 5.08. The molecular weight excluding hydrogens is 180 g/mol. The fraction of sp³-hybridized carbons (Fsp3) is 0.273. The van der Waals surface area contributed by atoms with Crippen molar-refractivity contribution in [2.24, 2.45) is 0 Å². The Kier molecular flexibility index (Phi) is 4.16. The molecule has 0 radical (unpaired) electrons. The van der Waals surface area contributed by atoms with Gasteiger partial charge in [0.2, 0.25) is 0 Å². The maximum absolute atomic E-state index is 9.41. The molecule has 0 heterocycles. The van der Waals surface area contributed by atoms with Crippen molar-refractivity contribution in [3.63, 3.8) is 0 Å². The van der Waals surface area contributed by atoms with Crippen LogP contribution in [0, 0.1) is 0 Å². The van der Waals surface area contributed by atoms with E-state index in [1.54, 1.807) is 18.2 Å². The summed E-state index contributed by atoms with van der Waals surface area (Å²) in [5, 5.41) is 18.4. The van der Waals surface area contributed by atoms with Gasteiger partial charge < -0.3 is 14.9 Å². The number of hydrogen-bond acceptors (Lipinski definition) is 3. The topological polar surface area (TPSA) is 49.7 Å². The van der Waals surface area contributed by atoms with Crippen LogP contribution in [0.4, 0.5) is 0 Å². The molecule has 0 aliphatic carbocycles. The van der Waals surface area contributed by atoms with Crippen LogP contribution >= 0.6 is 0 Å². The second-order valence-electron chi connectivity index (χ2n) is 2.88. The number of benzene rings is 1. The van der Waals surface area contributed by atoms with Crippen LogP contribution in [-0.2, 0) is 18.0 Å². The van der Waals surface area contributed by atoms with Crippen molar-refractivity contribution in [2.75, 3.05) is 6.61 Å². The quantitative estimate of drug-likeness (QED) is 0.552. The summed E-state index contributed by atoms with van der Waals surface area (Å²) in [5.74, 6) is 0.104. The fourth-order valence-electron chi connectivity index (χ4n) is 1.19. The second kappa shape index (κ2) is 5.42. The number of hydrogen-bond donors (Lipinski definition) is 2. The van der Waals surface area contributed by atoms with E-state index in [1.165, 1.54) is 0 Å². The van der Waals surface area contributed by atoms with Crippen molar-refractivity contribution in [2.45, 2.75) is 13.2 Å². The Bertz CT molecular complexity index is 307. The smallest absolute Gasteiger partial charge is 0.121 e. The van der Waals surface area contributed by atoms with E-state index < -0.39 is 0 Å². The maximum Gasteiger partial charge on any atom is 0.121 e. The van der Waals surface area contributed by atoms with Gasteiger partial charge in [0, 0.05) is 5.56 Å². The van der Waals surface area contributed by atoms with Gasteiger partial charge in [-0.1, -0.05) is 18.2 Å². The van der Waals surface area contributed by atoms with Crippen LogP contribution in [0.15, 0.2) is 30.9 Å². The zero-order chi connectivity index (χ0) is 10.4. The third kappa shape index (κ3) is 2.58. The standard InChI is InChI=1S/C11H14O3/c1-2-6-14-8-9-4-3-5-11(13)10(9)7-12/h2-5,12-13H,1,6-8H2. The largest absolute Gasteiger partial charge is 0.508 e. The van der Waals surface area contributed by atoms with Gasteiger partial charge in [0.15, 0.2) is 0 Å². The maximum atomic E-state index is 9.41. The Morgan fingerprint density at radius 2 is 2.21 bits per heavy atom. The Hall–Kier alpha value is -1.32. The van der Waals surface area contributed by atoms with Gasteiger partial charge in [0.05, 0.1) is 19.8 Å². The van der Waals surface area contributed by atoms with Crippen molar-refractivity contribution < 1.29 is 14.9 Å². The van der Waals surface area contributed by atoms with Crippen LogP contribution in [0.25, 0.3) is 0 Å². The Labute approximate surface area is 83.3 Å². The van der Waals surface area contributed by atoms with Crippen molar-refractivity contribution >= 4 is 0 Å². The first-order valence-electron chi connectivity index (χ1n) is 4.38. The molecule has 1 aromatic rings. The Morgan fingerprint density at radius 1 is 1.43 bits per heavy atom. The predicted molar refractivity (Wildman–Crippen MR) is 53.9 cm³/mol. The highest BCUT2D eigenvalue weighted by molar-refractivity contribution is 5.38. The molecule has 0 spiro atoms. The van der Waals surface area contributed by atoms with Crippen molar-refractivity contribution in [3.05, 3.63) is 42.0 Å². The van der Waals surface area contributed by atoms with E-state index in [0.717, 1.165) is 5.56 Å². The van der Waals surface area contributed by atoms with Gasteiger partial charge in [-0.2, -0.15) is 0 Å². The van der Waals surface area contributed by atoms with Gasteiger partial charge in [0.25, 0.3) is 0 Å². The molecule has 0 aliphatic rings. The van der Waals surface area contributed by atoms with Crippen LogP contribution in [-0.4, -0.2) is 16.8 Å². The molecule has 0 bridgehead atoms. The molecule has 1 rings (SSSR count). The molecule has 0 atom stereocenters. The van der Waals surface area contributed by atoms with Crippen LogP contribution in [0.1, 0.15) is 11.1 Å². The summed E-state index contributed by atoms with van der Waals surface area (Å²) >= 11 is 0. The minimum Gasteiger partial charge on any atom is -0.508 e. The summed E-state index contributed by atoms with van der Waals surface area (Å²) in [6.45, 7) is 4.18. The summed E-state index contributed by atoms with van der Waals surface area (Å²) in [6.07, 6.45) is 1.65. The van der Waals surface area contributed by atoms with Gasteiger partial charge in [-0.25, -0.2) is 0 Å². The molecule has 2 N–H and O–H groups in total. The predicted octanol–water partition coefficient (Wildman–Crippen LogP) is 1.59. The molecule has 3 nitrogen and oxygen atoms in total. The molecule has 76 valence electrons. The lowest BCUT2D eigenvalue weighted by molar-refractivity contribution is 0.146. The minimum absolute atomic E-state index is 0.104. The first-order chi connectivity index (χ1) is 6.79. The number of phenols is 1. The molecule has 0 saturated heterocycles. The molecule has 1 aromatic carbocycles. The number of ether oxygens (including phenoxy) is 1. The van der Waals surface area contributed by atoms with Gasteiger partial charge in [-0.15, -0.1) is 6.58 Å². The third-order valence-corrected chi connectivity index (χ3v) is 1.90. The number of aliphatic hydroxyl groups is 1. The van der Waals surface area contributed by atoms with Gasteiger partial charge in [-0.05, 0) is 11.6 Å². The highest BCUT2D eigenvalue weighted by Gasteiger charge is 2.05. The Morgan fingerprint density at radius 3 is 2.86 bits per heavy atom. The van der Waals surface area contributed by atoms with E-state index in [9.17, 15) is 5.11 Å². The summed E-state index contributed by atoms with van der Waals surface area (Å²) in [4.78, 5) is 0. The summed E-state index contributed by atoms with van der Waals surface area (Å²) in [5.41, 5.74) is 1.32. The zero-order valence-electron chi connectivity index (χ0n) is 7.94. The number of aliphatic hydroxyl groups excluding tert-OH is 1. The average Bonchev–Trinajstić information content (AvgIpc) is 2.18. The third-order valence-electron chi connectivity index (χ3n) is 1.90.